The number of carbonyl (C=O) groups is 1. The summed E-state index contributed by atoms with van der Waals surface area (Å²) in [6.07, 6.45) is 14.6. The maximum Gasteiger partial charge on any atom is 0.335 e. The second kappa shape index (κ2) is 12.6. The summed E-state index contributed by atoms with van der Waals surface area (Å²) < 4.78 is 0. The van der Waals surface area contributed by atoms with Crippen molar-refractivity contribution in [2.75, 3.05) is 44.2 Å². The molecule has 2 N–H and O–H groups in total. The van der Waals surface area contributed by atoms with Crippen LogP contribution in [0.5, 0.6) is 0 Å². The van der Waals surface area contributed by atoms with Gasteiger partial charge in [0.2, 0.25) is 0 Å². The quantitative estimate of drug-likeness (QED) is 0.213. The number of fused-ring (bicyclic) bond motifs is 7. The van der Waals surface area contributed by atoms with Gasteiger partial charge in [-0.1, -0.05) is 65.0 Å². The highest BCUT2D eigenvalue weighted by Crippen LogP contribution is 2.77. The summed E-state index contributed by atoms with van der Waals surface area (Å²) in [7, 11) is 0. The zero-order valence-electron chi connectivity index (χ0n) is 31.0. The summed E-state index contributed by atoms with van der Waals surface area (Å²) in [4.78, 5) is 14.2. The van der Waals surface area contributed by atoms with Crippen molar-refractivity contribution in [1.29, 1.82) is 0 Å². The fourth-order valence-corrected chi connectivity index (χ4v) is 14.9. The van der Waals surface area contributed by atoms with Crippen molar-refractivity contribution in [3.8, 4) is 0 Å². The molecule has 6 aliphatic rings. The van der Waals surface area contributed by atoms with E-state index in [1.807, 2.05) is 0 Å². The molecule has 1 aliphatic heterocycles. The number of rotatable bonds is 8. The van der Waals surface area contributed by atoms with Crippen molar-refractivity contribution in [1.82, 2.24) is 10.2 Å². The Morgan fingerprint density at radius 3 is 2.35 bits per heavy atom. The number of thioether (sulfide) groups is 1. The van der Waals surface area contributed by atoms with Gasteiger partial charge in [0.05, 0.1) is 5.56 Å². The van der Waals surface area contributed by atoms with Gasteiger partial charge in [-0.2, -0.15) is 11.8 Å². The molecule has 9 atom stereocenters. The average molecular weight is 673 g/mol. The van der Waals surface area contributed by atoms with Gasteiger partial charge >= 0.3 is 5.97 Å². The lowest BCUT2D eigenvalue weighted by atomic mass is 9.32. The second-order valence-electron chi connectivity index (χ2n) is 18.6. The van der Waals surface area contributed by atoms with E-state index in [1.165, 1.54) is 106 Å². The molecule has 5 heteroatoms. The molecule has 1 saturated heterocycles. The lowest BCUT2D eigenvalue weighted by molar-refractivity contribution is -0.225. The van der Waals surface area contributed by atoms with E-state index in [0.29, 0.717) is 33.6 Å². The Morgan fingerprint density at radius 2 is 1.67 bits per heavy atom. The van der Waals surface area contributed by atoms with Crippen LogP contribution in [0.1, 0.15) is 115 Å². The molecular weight excluding hydrogens is 609 g/mol. The topological polar surface area (TPSA) is 52.6 Å². The van der Waals surface area contributed by atoms with Crippen molar-refractivity contribution in [2.24, 2.45) is 56.7 Å². The molecule has 0 bridgehead atoms. The third-order valence-corrected chi connectivity index (χ3v) is 17.4. The standard InChI is InChI=1S/C43H64N2O2S/c1-29(2)32-14-19-43(28-44-22-23-45-24-26-48-27-25-45)21-20-41(6)34(37(32)43)12-13-36-40(5)17-15-33(30-8-10-31(11-9-30)38(46)47)39(3,4)35(40)16-18-42(36,41)7/h8-11,15,32,34-37,44H,1,12-14,16-28H2,2-7H3,(H,46,47)/t32-,34+,35-,36+,37+,40-,41+,42+,43+/m0/s1. The highest BCUT2D eigenvalue weighted by Gasteiger charge is 2.70. The van der Waals surface area contributed by atoms with E-state index in [4.69, 9.17) is 0 Å². The molecule has 4 nitrogen and oxygen atoms in total. The fraction of sp³-hybridized carbons (Fsp3) is 0.744. The van der Waals surface area contributed by atoms with Crippen molar-refractivity contribution in [2.45, 2.75) is 99.3 Å². The first-order valence-corrected chi connectivity index (χ1v) is 20.6. The number of hydrogen-bond donors (Lipinski definition) is 2. The summed E-state index contributed by atoms with van der Waals surface area (Å²) in [5, 5.41) is 13.6. The third-order valence-electron chi connectivity index (χ3n) is 16.4. The van der Waals surface area contributed by atoms with Gasteiger partial charge in [0.1, 0.15) is 0 Å². The average Bonchev–Trinajstić information content (AvgIpc) is 3.44. The van der Waals surface area contributed by atoms with Crippen molar-refractivity contribution in [3.05, 3.63) is 53.6 Å². The first-order valence-electron chi connectivity index (χ1n) is 19.5. The van der Waals surface area contributed by atoms with Gasteiger partial charge in [-0.05, 0) is 145 Å². The highest BCUT2D eigenvalue weighted by atomic mass is 32.2. The highest BCUT2D eigenvalue weighted by molar-refractivity contribution is 7.99. The van der Waals surface area contributed by atoms with Crippen LogP contribution in [0.15, 0.2) is 42.5 Å². The monoisotopic (exact) mass is 672 g/mol. The number of allylic oxidation sites excluding steroid dienone is 3. The van der Waals surface area contributed by atoms with E-state index >= 15 is 0 Å². The zero-order valence-corrected chi connectivity index (χ0v) is 31.8. The molecule has 1 aromatic rings. The number of nitrogens with one attached hydrogen (secondary N) is 1. The number of carboxylic acid groups (broad SMARTS) is 1. The third kappa shape index (κ3) is 5.33. The number of nitrogens with zero attached hydrogens (tertiary/aromatic N) is 1. The number of benzene rings is 1. The lowest BCUT2D eigenvalue weighted by Crippen LogP contribution is -2.65. The van der Waals surface area contributed by atoms with Crippen LogP contribution in [0.25, 0.3) is 5.57 Å². The minimum atomic E-state index is -0.850. The fourth-order valence-electron chi connectivity index (χ4n) is 13.9. The molecule has 5 aliphatic carbocycles. The van der Waals surface area contributed by atoms with Crippen LogP contribution in [-0.4, -0.2) is 60.2 Å². The van der Waals surface area contributed by atoms with Gasteiger partial charge in [-0.25, -0.2) is 4.79 Å². The Balaban J connectivity index is 1.14. The molecule has 0 spiro atoms. The van der Waals surface area contributed by atoms with Crippen LogP contribution in [0.2, 0.25) is 0 Å². The molecule has 264 valence electrons. The van der Waals surface area contributed by atoms with Gasteiger partial charge in [0.25, 0.3) is 0 Å². The van der Waals surface area contributed by atoms with E-state index in [1.54, 1.807) is 12.1 Å². The maximum atomic E-state index is 11.6. The van der Waals surface area contributed by atoms with Gasteiger partial charge in [0, 0.05) is 44.2 Å². The van der Waals surface area contributed by atoms with Crippen LogP contribution < -0.4 is 5.32 Å². The molecule has 1 heterocycles. The summed E-state index contributed by atoms with van der Waals surface area (Å²) >= 11 is 2.11. The minimum absolute atomic E-state index is 0.0494. The van der Waals surface area contributed by atoms with E-state index in [-0.39, 0.29) is 10.8 Å². The SMILES string of the molecule is C=C(C)[C@@H]1CC[C@]2(CNCCN3CCSCC3)CC[C@]3(C)[C@H](CC[C@@H]4[C@@]5(C)CC=C(c6ccc(C(=O)O)cc6)C(C)(C)[C@@H]5CC[C@]43C)[C@@H]12. The Hall–Kier alpha value is -1.56. The van der Waals surface area contributed by atoms with Crippen LogP contribution in [0, 0.1) is 56.7 Å². The molecule has 4 saturated carbocycles. The first kappa shape index (κ1) is 34.9. The predicted octanol–water partition coefficient (Wildman–Crippen LogP) is 9.67. The van der Waals surface area contributed by atoms with Crippen LogP contribution in [0.4, 0.5) is 0 Å². The Morgan fingerprint density at radius 1 is 0.938 bits per heavy atom. The van der Waals surface area contributed by atoms with Crippen molar-refractivity contribution >= 4 is 23.3 Å². The Labute approximate surface area is 296 Å². The molecular formula is C43H64N2O2S. The van der Waals surface area contributed by atoms with Crippen LogP contribution in [0.3, 0.4) is 0 Å². The zero-order chi connectivity index (χ0) is 34.1. The number of carboxylic acids is 1. The van der Waals surface area contributed by atoms with Crippen LogP contribution >= 0.6 is 11.8 Å². The van der Waals surface area contributed by atoms with E-state index in [2.05, 4.69) is 88.3 Å². The summed E-state index contributed by atoms with van der Waals surface area (Å²) in [5.41, 5.74) is 5.91. The van der Waals surface area contributed by atoms with Gasteiger partial charge in [0.15, 0.2) is 0 Å². The smallest absolute Gasteiger partial charge is 0.335 e. The first-order chi connectivity index (χ1) is 22.8. The molecule has 5 fully saturated rings. The largest absolute Gasteiger partial charge is 0.478 e. The molecule has 0 unspecified atom stereocenters. The van der Waals surface area contributed by atoms with E-state index in [9.17, 15) is 9.90 Å². The van der Waals surface area contributed by atoms with Crippen LogP contribution in [-0.2, 0) is 0 Å². The number of aromatic carboxylic acids is 1. The van der Waals surface area contributed by atoms with E-state index < -0.39 is 5.97 Å². The molecule has 0 radical (unpaired) electrons. The molecule has 1 aromatic carbocycles. The van der Waals surface area contributed by atoms with Crippen molar-refractivity contribution < 1.29 is 9.90 Å². The Bertz CT molecular complexity index is 1430. The van der Waals surface area contributed by atoms with E-state index in [0.717, 1.165) is 30.7 Å². The molecule has 0 amide bonds. The molecule has 48 heavy (non-hydrogen) atoms. The van der Waals surface area contributed by atoms with Gasteiger partial charge in [-0.15, -0.1) is 0 Å². The Kier molecular flexibility index (Phi) is 9.14. The minimum Gasteiger partial charge on any atom is -0.478 e. The second-order valence-corrected chi connectivity index (χ2v) is 19.8. The molecule has 0 aromatic heterocycles. The summed E-state index contributed by atoms with van der Waals surface area (Å²) in [6, 6.07) is 7.68. The lowest BCUT2D eigenvalue weighted by Gasteiger charge is -2.72. The van der Waals surface area contributed by atoms with Gasteiger partial charge in [-0.3, -0.25) is 0 Å². The maximum absolute atomic E-state index is 11.6. The summed E-state index contributed by atoms with van der Waals surface area (Å²) in [6.45, 7) is 26.2. The summed E-state index contributed by atoms with van der Waals surface area (Å²) in [5.74, 6) is 5.32. The normalized spacial score (nSPS) is 42.1. The number of hydrogen-bond acceptors (Lipinski definition) is 4. The van der Waals surface area contributed by atoms with Gasteiger partial charge < -0.3 is 15.3 Å². The van der Waals surface area contributed by atoms with Crippen molar-refractivity contribution in [3.63, 3.8) is 0 Å². The predicted molar refractivity (Wildman–Crippen MR) is 202 cm³/mol. The molecule has 7 rings (SSSR count).